The standard InChI is InChI=1S/C4H4N2O2.Cu/c7-3-1-2-4(8)6-5-3;/h1-2H,(H,5,7)(H,6,8);. The van der Waals surface area contributed by atoms with Crippen LogP contribution < -0.4 is 11.1 Å². The van der Waals surface area contributed by atoms with Crippen LogP contribution in [0.25, 0.3) is 0 Å². The Morgan fingerprint density at radius 1 is 1.00 bits per heavy atom. The molecule has 0 atom stereocenters. The SMILES string of the molecule is O=c1ccc(=O)[nH][nH]1.[Cu]. The molecule has 0 saturated heterocycles. The minimum atomic E-state index is -0.301. The number of H-pyrrole nitrogens is 2. The molecule has 9 heavy (non-hydrogen) atoms. The topological polar surface area (TPSA) is 65.7 Å². The van der Waals surface area contributed by atoms with Crippen molar-refractivity contribution in [2.75, 3.05) is 0 Å². The average Bonchev–Trinajstić information content (AvgIpc) is 1.77. The number of hydrogen-bond acceptors (Lipinski definition) is 2. The van der Waals surface area contributed by atoms with Crippen LogP contribution in [0.3, 0.4) is 0 Å². The van der Waals surface area contributed by atoms with Crippen molar-refractivity contribution in [1.29, 1.82) is 0 Å². The molecule has 1 rings (SSSR count). The van der Waals surface area contributed by atoms with E-state index >= 15 is 0 Å². The molecule has 0 fully saturated rings. The van der Waals surface area contributed by atoms with Crippen LogP contribution in [0, 0.1) is 0 Å². The summed E-state index contributed by atoms with van der Waals surface area (Å²) in [5.41, 5.74) is -0.603. The third-order valence-electron chi connectivity index (χ3n) is 0.695. The summed E-state index contributed by atoms with van der Waals surface area (Å²) >= 11 is 0. The number of nitrogens with one attached hydrogen (secondary N) is 2. The maximum Gasteiger partial charge on any atom is 0.262 e. The van der Waals surface area contributed by atoms with Crippen molar-refractivity contribution >= 4 is 0 Å². The molecule has 0 aliphatic carbocycles. The molecule has 0 bridgehead atoms. The van der Waals surface area contributed by atoms with Gasteiger partial charge in [-0.2, -0.15) is 0 Å². The van der Waals surface area contributed by atoms with Gasteiger partial charge in [0.2, 0.25) is 0 Å². The Hall–Kier alpha value is -0.801. The summed E-state index contributed by atoms with van der Waals surface area (Å²) in [6, 6.07) is 2.33. The fourth-order valence-electron chi connectivity index (χ4n) is 0.358. The fraction of sp³-hybridized carbons (Fsp3) is 0. The normalized spacial score (nSPS) is 8.00. The van der Waals surface area contributed by atoms with E-state index in [0.717, 1.165) is 0 Å². The van der Waals surface area contributed by atoms with E-state index in [0.29, 0.717) is 0 Å². The second-order valence-corrected chi connectivity index (χ2v) is 1.31. The van der Waals surface area contributed by atoms with Crippen molar-refractivity contribution in [3.63, 3.8) is 0 Å². The number of hydrogen-bond donors (Lipinski definition) is 2. The average molecular weight is 176 g/mol. The monoisotopic (exact) mass is 175 g/mol. The van der Waals surface area contributed by atoms with E-state index in [-0.39, 0.29) is 28.2 Å². The summed E-state index contributed by atoms with van der Waals surface area (Å²) in [5, 5.41) is 4.21. The molecular weight excluding hydrogens is 172 g/mol. The zero-order valence-electron chi connectivity index (χ0n) is 4.27. The molecule has 1 heterocycles. The number of aromatic amines is 2. The van der Waals surface area contributed by atoms with Crippen molar-refractivity contribution in [2.45, 2.75) is 0 Å². The van der Waals surface area contributed by atoms with Crippen LogP contribution in [0.15, 0.2) is 21.7 Å². The molecule has 0 spiro atoms. The Bertz CT molecular complexity index is 224. The Morgan fingerprint density at radius 2 is 1.33 bits per heavy atom. The molecule has 5 heteroatoms. The summed E-state index contributed by atoms with van der Waals surface area (Å²) in [7, 11) is 0. The van der Waals surface area contributed by atoms with Gasteiger partial charge in [-0.05, 0) is 0 Å². The van der Waals surface area contributed by atoms with E-state index in [1.165, 1.54) is 12.1 Å². The summed E-state index contributed by atoms with van der Waals surface area (Å²) in [6.45, 7) is 0. The molecule has 2 N–H and O–H groups in total. The minimum Gasteiger partial charge on any atom is -0.268 e. The molecule has 0 aliphatic heterocycles. The Morgan fingerprint density at radius 3 is 1.56 bits per heavy atom. The molecule has 1 aromatic rings. The van der Waals surface area contributed by atoms with Gasteiger partial charge in [-0.25, -0.2) is 0 Å². The first-order chi connectivity index (χ1) is 3.79. The Kier molecular flexibility index (Phi) is 2.98. The molecular formula is C4H4CuN2O2. The van der Waals surface area contributed by atoms with Gasteiger partial charge in [0.05, 0.1) is 0 Å². The first-order valence-corrected chi connectivity index (χ1v) is 2.07. The van der Waals surface area contributed by atoms with Gasteiger partial charge in [-0.1, -0.05) is 0 Å². The van der Waals surface area contributed by atoms with Gasteiger partial charge in [0.15, 0.2) is 0 Å². The van der Waals surface area contributed by atoms with Crippen LogP contribution in [0.4, 0.5) is 0 Å². The van der Waals surface area contributed by atoms with Gasteiger partial charge >= 0.3 is 0 Å². The summed E-state index contributed by atoms with van der Waals surface area (Å²) in [4.78, 5) is 20.4. The molecule has 0 aliphatic rings. The third-order valence-corrected chi connectivity index (χ3v) is 0.695. The van der Waals surface area contributed by atoms with Crippen LogP contribution in [0.2, 0.25) is 0 Å². The largest absolute Gasteiger partial charge is 0.268 e. The van der Waals surface area contributed by atoms with Gasteiger partial charge < -0.3 is 0 Å². The predicted molar refractivity (Wildman–Crippen MR) is 27.7 cm³/mol. The van der Waals surface area contributed by atoms with Crippen molar-refractivity contribution in [3.05, 3.63) is 32.8 Å². The van der Waals surface area contributed by atoms with Crippen molar-refractivity contribution in [1.82, 2.24) is 10.2 Å². The maximum atomic E-state index is 10.2. The molecule has 4 nitrogen and oxygen atoms in total. The van der Waals surface area contributed by atoms with Crippen LogP contribution in [-0.2, 0) is 17.1 Å². The van der Waals surface area contributed by atoms with Gasteiger partial charge in [0.1, 0.15) is 0 Å². The van der Waals surface area contributed by atoms with Crippen molar-refractivity contribution < 1.29 is 17.1 Å². The summed E-state index contributed by atoms with van der Waals surface area (Å²) < 4.78 is 0. The molecule has 0 unspecified atom stereocenters. The molecule has 53 valence electrons. The van der Waals surface area contributed by atoms with Crippen LogP contribution in [0.5, 0.6) is 0 Å². The first-order valence-electron chi connectivity index (χ1n) is 2.07. The molecule has 1 radical (unpaired) electrons. The number of rotatable bonds is 0. The van der Waals surface area contributed by atoms with Gasteiger partial charge in [-0.3, -0.25) is 19.8 Å². The zero-order valence-corrected chi connectivity index (χ0v) is 5.21. The molecule has 1 aromatic heterocycles. The van der Waals surface area contributed by atoms with E-state index in [4.69, 9.17) is 0 Å². The van der Waals surface area contributed by atoms with Crippen molar-refractivity contribution in [2.24, 2.45) is 0 Å². The fourth-order valence-corrected chi connectivity index (χ4v) is 0.358. The van der Waals surface area contributed by atoms with Crippen LogP contribution in [-0.4, -0.2) is 10.2 Å². The van der Waals surface area contributed by atoms with Crippen LogP contribution >= 0.6 is 0 Å². The van der Waals surface area contributed by atoms with Crippen molar-refractivity contribution in [3.8, 4) is 0 Å². The third kappa shape index (κ3) is 2.30. The second kappa shape index (κ2) is 3.27. The zero-order chi connectivity index (χ0) is 5.98. The summed E-state index contributed by atoms with van der Waals surface area (Å²) in [5.74, 6) is 0. The van der Waals surface area contributed by atoms with E-state index < -0.39 is 0 Å². The molecule has 0 aromatic carbocycles. The first kappa shape index (κ1) is 8.20. The quantitative estimate of drug-likeness (QED) is 0.500. The molecule has 0 saturated carbocycles. The van der Waals surface area contributed by atoms with E-state index in [2.05, 4.69) is 10.2 Å². The van der Waals surface area contributed by atoms with Gasteiger partial charge in [-0.15, -0.1) is 0 Å². The Labute approximate surface area is 60.8 Å². The summed E-state index contributed by atoms with van der Waals surface area (Å²) in [6.07, 6.45) is 0. The van der Waals surface area contributed by atoms with Gasteiger partial charge in [0.25, 0.3) is 11.1 Å². The van der Waals surface area contributed by atoms with E-state index in [9.17, 15) is 9.59 Å². The predicted octanol–water partition coefficient (Wildman–Crippen LogP) is -0.939. The number of aromatic nitrogens is 2. The maximum absolute atomic E-state index is 10.2. The smallest absolute Gasteiger partial charge is 0.262 e. The Balaban J connectivity index is 0.000000640. The van der Waals surface area contributed by atoms with Gasteiger partial charge in [0, 0.05) is 29.2 Å². The molecule has 0 amide bonds. The van der Waals surface area contributed by atoms with E-state index in [1.807, 2.05) is 0 Å². The second-order valence-electron chi connectivity index (χ2n) is 1.31. The minimum absolute atomic E-state index is 0. The van der Waals surface area contributed by atoms with Crippen LogP contribution in [0.1, 0.15) is 0 Å². The van der Waals surface area contributed by atoms with E-state index in [1.54, 1.807) is 0 Å².